The van der Waals surface area contributed by atoms with Gasteiger partial charge in [-0.1, -0.05) is 25.7 Å². The van der Waals surface area contributed by atoms with Crippen molar-refractivity contribution in [1.82, 2.24) is 15.1 Å². The molecule has 2 aliphatic heterocycles. The molecule has 2 heterocycles. The number of nitrogens with one attached hydrogen (secondary N) is 1. The van der Waals surface area contributed by atoms with E-state index in [9.17, 15) is 9.59 Å². The minimum Gasteiger partial charge on any atom is -0.351 e. The van der Waals surface area contributed by atoms with E-state index < -0.39 is 0 Å². The Balaban J connectivity index is 1.45. The van der Waals surface area contributed by atoms with Crippen LogP contribution in [0.15, 0.2) is 0 Å². The molecule has 0 aromatic rings. The van der Waals surface area contributed by atoms with Gasteiger partial charge in [-0.2, -0.15) is 0 Å². The van der Waals surface area contributed by atoms with Gasteiger partial charge < -0.3 is 10.2 Å². The van der Waals surface area contributed by atoms with E-state index in [1.54, 1.807) is 4.90 Å². The fourth-order valence-electron chi connectivity index (χ4n) is 4.55. The summed E-state index contributed by atoms with van der Waals surface area (Å²) in [4.78, 5) is 28.5. The van der Waals surface area contributed by atoms with Crippen molar-refractivity contribution in [2.75, 3.05) is 26.2 Å². The number of amides is 2. The van der Waals surface area contributed by atoms with E-state index in [0.717, 1.165) is 38.4 Å². The molecule has 1 aliphatic carbocycles. The van der Waals surface area contributed by atoms with Crippen LogP contribution >= 0.6 is 0 Å². The average Bonchev–Trinajstić information content (AvgIpc) is 2.86. The predicted molar refractivity (Wildman–Crippen MR) is 94.7 cm³/mol. The van der Waals surface area contributed by atoms with Gasteiger partial charge in [0, 0.05) is 31.6 Å². The van der Waals surface area contributed by atoms with Crippen molar-refractivity contribution >= 4 is 11.8 Å². The SMILES string of the molecule is O=C(CN1CCCCC1=O)NC1CCCN(C2CCCCCC2)C1. The number of nitrogens with zero attached hydrogens (tertiary/aromatic N) is 2. The van der Waals surface area contributed by atoms with Crippen LogP contribution in [-0.2, 0) is 9.59 Å². The summed E-state index contributed by atoms with van der Waals surface area (Å²) in [6.45, 7) is 3.16. The molecule has 5 nitrogen and oxygen atoms in total. The summed E-state index contributed by atoms with van der Waals surface area (Å²) in [5, 5.41) is 3.20. The molecule has 5 heteroatoms. The summed E-state index contributed by atoms with van der Waals surface area (Å²) in [5.74, 6) is 0.165. The highest BCUT2D eigenvalue weighted by molar-refractivity contribution is 5.85. The van der Waals surface area contributed by atoms with Gasteiger partial charge in [-0.3, -0.25) is 14.5 Å². The Morgan fingerprint density at radius 1 is 0.958 bits per heavy atom. The lowest BCUT2D eigenvalue weighted by atomic mass is 10.00. The third-order valence-electron chi connectivity index (χ3n) is 5.91. The molecule has 24 heavy (non-hydrogen) atoms. The van der Waals surface area contributed by atoms with E-state index >= 15 is 0 Å². The van der Waals surface area contributed by atoms with Crippen LogP contribution in [0.5, 0.6) is 0 Å². The van der Waals surface area contributed by atoms with Gasteiger partial charge in [0.15, 0.2) is 0 Å². The monoisotopic (exact) mass is 335 g/mol. The number of likely N-dealkylation sites (tertiary alicyclic amines) is 2. The zero-order valence-corrected chi connectivity index (χ0v) is 15.0. The second-order valence-electron chi connectivity index (χ2n) is 7.82. The van der Waals surface area contributed by atoms with Gasteiger partial charge in [0.25, 0.3) is 0 Å². The van der Waals surface area contributed by atoms with E-state index in [2.05, 4.69) is 10.2 Å². The van der Waals surface area contributed by atoms with Gasteiger partial charge >= 0.3 is 0 Å². The van der Waals surface area contributed by atoms with Gasteiger partial charge in [0.05, 0.1) is 6.54 Å². The summed E-state index contributed by atoms with van der Waals surface area (Å²) in [6.07, 6.45) is 13.0. The molecule has 0 aromatic heterocycles. The molecule has 0 aromatic carbocycles. The Kier molecular flexibility index (Phi) is 6.52. The lowest BCUT2D eigenvalue weighted by molar-refractivity contribution is -0.138. The maximum atomic E-state index is 12.3. The molecule has 1 saturated carbocycles. The minimum atomic E-state index is 0.0259. The normalized spacial score (nSPS) is 27.8. The second kappa shape index (κ2) is 8.84. The Bertz CT molecular complexity index is 432. The number of hydrogen-bond acceptors (Lipinski definition) is 3. The van der Waals surface area contributed by atoms with Crippen molar-refractivity contribution in [3.63, 3.8) is 0 Å². The van der Waals surface area contributed by atoms with Gasteiger partial charge in [-0.25, -0.2) is 0 Å². The molecule has 3 aliphatic rings. The summed E-state index contributed by atoms with van der Waals surface area (Å²) >= 11 is 0. The fraction of sp³-hybridized carbons (Fsp3) is 0.895. The highest BCUT2D eigenvalue weighted by atomic mass is 16.2. The highest BCUT2D eigenvalue weighted by Gasteiger charge is 2.28. The molecule has 0 bridgehead atoms. The molecule has 3 fully saturated rings. The van der Waals surface area contributed by atoms with E-state index in [1.165, 1.54) is 51.5 Å². The first kappa shape index (κ1) is 17.7. The standard InChI is InChI=1S/C19H33N3O2/c23-18(15-22-12-6-5-11-19(22)24)20-16-8-7-13-21(14-16)17-9-3-1-2-4-10-17/h16-17H,1-15H2,(H,20,23). The van der Waals surface area contributed by atoms with E-state index in [-0.39, 0.29) is 24.4 Å². The molecule has 136 valence electrons. The van der Waals surface area contributed by atoms with E-state index in [0.29, 0.717) is 6.42 Å². The smallest absolute Gasteiger partial charge is 0.239 e. The van der Waals surface area contributed by atoms with Gasteiger partial charge in [-0.05, 0) is 45.1 Å². The average molecular weight is 335 g/mol. The first-order chi connectivity index (χ1) is 11.7. The number of piperidine rings is 2. The molecule has 1 unspecified atom stereocenters. The van der Waals surface area contributed by atoms with Crippen LogP contribution < -0.4 is 5.32 Å². The van der Waals surface area contributed by atoms with Crippen LogP contribution in [0.1, 0.15) is 70.6 Å². The molecule has 0 radical (unpaired) electrons. The number of carbonyl (C=O) groups is 2. The number of hydrogen-bond donors (Lipinski definition) is 1. The van der Waals surface area contributed by atoms with Crippen LogP contribution in [0.2, 0.25) is 0 Å². The summed E-state index contributed by atoms with van der Waals surface area (Å²) in [7, 11) is 0. The van der Waals surface area contributed by atoms with Crippen molar-refractivity contribution in [2.24, 2.45) is 0 Å². The topological polar surface area (TPSA) is 52.7 Å². The van der Waals surface area contributed by atoms with Crippen molar-refractivity contribution in [3.8, 4) is 0 Å². The molecule has 1 atom stereocenters. The van der Waals surface area contributed by atoms with Crippen molar-refractivity contribution in [1.29, 1.82) is 0 Å². The fourth-order valence-corrected chi connectivity index (χ4v) is 4.55. The van der Waals surface area contributed by atoms with Crippen LogP contribution in [0.4, 0.5) is 0 Å². The quantitative estimate of drug-likeness (QED) is 0.802. The minimum absolute atomic E-state index is 0.0259. The highest BCUT2D eigenvalue weighted by Crippen LogP contribution is 2.24. The van der Waals surface area contributed by atoms with E-state index in [4.69, 9.17) is 0 Å². The second-order valence-corrected chi connectivity index (χ2v) is 7.82. The lowest BCUT2D eigenvalue weighted by Gasteiger charge is -2.38. The van der Waals surface area contributed by atoms with Crippen LogP contribution in [0.25, 0.3) is 0 Å². The lowest BCUT2D eigenvalue weighted by Crippen LogP contribution is -2.53. The molecule has 1 N–H and O–H groups in total. The number of rotatable bonds is 4. The van der Waals surface area contributed by atoms with Gasteiger partial charge in [0.2, 0.25) is 11.8 Å². The van der Waals surface area contributed by atoms with Crippen molar-refractivity contribution in [3.05, 3.63) is 0 Å². The van der Waals surface area contributed by atoms with Crippen LogP contribution in [-0.4, -0.2) is 59.9 Å². The van der Waals surface area contributed by atoms with Gasteiger partial charge in [0.1, 0.15) is 0 Å². The molecule has 3 rings (SSSR count). The van der Waals surface area contributed by atoms with Crippen molar-refractivity contribution < 1.29 is 9.59 Å². The third-order valence-corrected chi connectivity index (χ3v) is 5.91. The Labute approximate surface area is 146 Å². The molecule has 2 saturated heterocycles. The largest absolute Gasteiger partial charge is 0.351 e. The van der Waals surface area contributed by atoms with E-state index in [1.807, 2.05) is 0 Å². The summed E-state index contributed by atoms with van der Waals surface area (Å²) in [5.41, 5.74) is 0. The number of carbonyl (C=O) groups excluding carboxylic acids is 2. The maximum absolute atomic E-state index is 12.3. The summed E-state index contributed by atoms with van der Waals surface area (Å²) < 4.78 is 0. The Morgan fingerprint density at radius 3 is 2.50 bits per heavy atom. The third kappa shape index (κ3) is 4.95. The zero-order valence-electron chi connectivity index (χ0n) is 15.0. The zero-order chi connectivity index (χ0) is 16.8. The van der Waals surface area contributed by atoms with Crippen LogP contribution in [0.3, 0.4) is 0 Å². The molecular formula is C19H33N3O2. The molecular weight excluding hydrogens is 302 g/mol. The Hall–Kier alpha value is -1.10. The maximum Gasteiger partial charge on any atom is 0.239 e. The Morgan fingerprint density at radius 2 is 1.75 bits per heavy atom. The van der Waals surface area contributed by atoms with Crippen molar-refractivity contribution in [2.45, 2.75) is 82.7 Å². The van der Waals surface area contributed by atoms with Gasteiger partial charge in [-0.15, -0.1) is 0 Å². The summed E-state index contributed by atoms with van der Waals surface area (Å²) in [6, 6.07) is 0.977. The molecule has 2 amide bonds. The van der Waals surface area contributed by atoms with Crippen LogP contribution in [0, 0.1) is 0 Å². The first-order valence-electron chi connectivity index (χ1n) is 10.0. The molecule has 0 spiro atoms. The first-order valence-corrected chi connectivity index (χ1v) is 10.0. The predicted octanol–water partition coefficient (Wildman–Crippen LogP) is 2.30.